The Labute approximate surface area is 547 Å². The molecule has 0 radical (unpaired) electrons. The van der Waals surface area contributed by atoms with Crippen LogP contribution in [0.3, 0.4) is 0 Å². The van der Waals surface area contributed by atoms with E-state index >= 15 is 19.2 Å². The smallest absolute Gasteiger partial charge is 0.334 e. The Bertz CT molecular complexity index is 4570. The fourth-order valence-electron chi connectivity index (χ4n) is 16.0. The van der Waals surface area contributed by atoms with Gasteiger partial charge in [0.05, 0.1) is 26.7 Å². The van der Waals surface area contributed by atoms with E-state index in [-0.39, 0.29) is 91.3 Å². The van der Waals surface area contributed by atoms with Crippen molar-refractivity contribution in [2.24, 2.45) is 40.5 Å². The summed E-state index contributed by atoms with van der Waals surface area (Å²) in [7, 11) is 0. The third kappa shape index (κ3) is 9.67. The highest BCUT2D eigenvalue weighted by Crippen LogP contribution is 2.67. The lowest BCUT2D eigenvalue weighted by molar-refractivity contribution is -0.165. The van der Waals surface area contributed by atoms with Gasteiger partial charge in [-0.2, -0.15) is 0 Å². The van der Waals surface area contributed by atoms with Gasteiger partial charge in [-0.15, -0.1) is 11.3 Å². The number of esters is 4. The van der Waals surface area contributed by atoms with Crippen LogP contribution in [-0.4, -0.2) is 62.7 Å². The number of ether oxygens (including phenoxy) is 4. The Kier molecular flexibility index (Phi) is 14.8. The van der Waals surface area contributed by atoms with Crippen LogP contribution in [-0.2, 0) is 85.0 Å². The standard InChI is InChI=1S/C77H59N3O12S2/c81-63-54-33-50-29-46-25-13-14-26-47(46)30-51(50)34-55(54)64(82)58(63)37-59-78-69-67(93-59)60-61(76(69,71(85)89-38-42-17-5-1-6-18-42)72(86)90-39-43-19-7-2-8-20-43)68-70(77(60,73(87)91-40-44-21-9-3-10-22-44)74(88)92-41-45-23-11-4-12-24-45)80-75(94-68)79-62-65(83)56-35-52-31-48-27-15-16-28-49(48)32-53(52)36-57(56)66(62)84/h1-14,17-26,29-30,33-34,37,48-49,52-53,56-57H,15-16,27-28,31-32,35-36,38-41H2. The Balaban J connectivity index is 0.901. The Hall–Kier alpha value is -9.97. The predicted molar refractivity (Wildman–Crippen MR) is 352 cm³/mol. The molecule has 2 aromatic heterocycles. The van der Waals surface area contributed by atoms with E-state index in [0.29, 0.717) is 58.8 Å². The van der Waals surface area contributed by atoms with Gasteiger partial charge in [-0.25, -0.2) is 15.0 Å². The molecule has 0 amide bonds. The predicted octanol–water partition coefficient (Wildman–Crippen LogP) is 13.8. The van der Waals surface area contributed by atoms with Gasteiger partial charge in [-0.3, -0.25) is 38.4 Å². The summed E-state index contributed by atoms with van der Waals surface area (Å²) in [5, 5.41) is 3.07. The number of thiazole rings is 2. The largest absolute Gasteiger partial charge is 0.459 e. The number of hydrogen-bond acceptors (Lipinski definition) is 17. The SMILES string of the molecule is O=C1C(=Cc2nc3c(s2)C2=C(c4sc(N=C5C(=O)C6CC7CC8CCCCC8CC7CC6C5=O)nc4C2(C(=O)OCc2ccccc2)C(=O)OCc2ccccc2)C3(C(=O)OCc2ccccc2)C(=O)OCc2ccccc2)C(=O)c2cc3cc4ccccc4cc3cc21. The lowest BCUT2D eigenvalue weighted by Crippen LogP contribution is -2.46. The Morgan fingerprint density at radius 1 is 0.457 bits per heavy atom. The molecule has 0 N–H and O–H groups in total. The molecule has 7 aromatic carbocycles. The molecule has 0 aliphatic heterocycles. The minimum Gasteiger partial charge on any atom is -0.459 e. The van der Waals surface area contributed by atoms with Gasteiger partial charge >= 0.3 is 23.9 Å². The van der Waals surface area contributed by atoms with Crippen LogP contribution in [0.25, 0.3) is 38.8 Å². The summed E-state index contributed by atoms with van der Waals surface area (Å²) in [6, 6.07) is 50.1. The third-order valence-electron chi connectivity index (χ3n) is 20.5. The molecule has 9 aromatic rings. The molecule has 6 atom stereocenters. The van der Waals surface area contributed by atoms with Crippen molar-refractivity contribution in [1.29, 1.82) is 0 Å². The quantitative estimate of drug-likeness (QED) is 0.0248. The van der Waals surface area contributed by atoms with Crippen molar-refractivity contribution in [3.05, 3.63) is 235 Å². The van der Waals surface area contributed by atoms with Crippen LogP contribution in [0.15, 0.2) is 180 Å². The van der Waals surface area contributed by atoms with E-state index in [0.717, 1.165) is 57.1 Å². The van der Waals surface area contributed by atoms with Crippen LogP contribution in [0.4, 0.5) is 5.13 Å². The summed E-state index contributed by atoms with van der Waals surface area (Å²) in [6.07, 6.45) is 9.29. The van der Waals surface area contributed by atoms with Crippen LogP contribution in [0.1, 0.15) is 120 Å². The van der Waals surface area contributed by atoms with Crippen molar-refractivity contribution < 1.29 is 57.3 Å². The fraction of sp³-hybridized carbons (Fsp3) is 0.260. The van der Waals surface area contributed by atoms with Crippen molar-refractivity contribution in [2.45, 2.75) is 88.6 Å². The number of carbonyl (C=O) groups is 8. The highest BCUT2D eigenvalue weighted by Gasteiger charge is 2.74. The first kappa shape index (κ1) is 59.1. The van der Waals surface area contributed by atoms with Gasteiger partial charge in [0.25, 0.3) is 0 Å². The van der Waals surface area contributed by atoms with Crippen molar-refractivity contribution in [2.75, 3.05) is 0 Å². The molecule has 94 heavy (non-hydrogen) atoms. The van der Waals surface area contributed by atoms with E-state index in [2.05, 4.69) is 0 Å². The number of aromatic nitrogens is 2. The molecule has 2 heterocycles. The number of ketones is 4. The van der Waals surface area contributed by atoms with Crippen LogP contribution in [0.2, 0.25) is 0 Å². The second-order valence-electron chi connectivity index (χ2n) is 25.7. The fourth-order valence-corrected chi connectivity index (χ4v) is 18.3. The van der Waals surface area contributed by atoms with Gasteiger partial charge in [0.1, 0.15) is 31.4 Å². The highest BCUT2D eigenvalue weighted by molar-refractivity contribution is 7.17. The van der Waals surface area contributed by atoms with Gasteiger partial charge in [0, 0.05) is 34.1 Å². The maximum atomic E-state index is 16.3. The number of allylic oxidation sites excluding steroid dienone is 1. The molecular weight excluding hydrogens is 1220 g/mol. The molecule has 4 saturated carbocycles. The van der Waals surface area contributed by atoms with Gasteiger partial charge in [0.2, 0.25) is 16.0 Å². The summed E-state index contributed by atoms with van der Waals surface area (Å²) in [5.74, 6) is -6.22. The van der Waals surface area contributed by atoms with Gasteiger partial charge in [0.15, 0.2) is 28.8 Å². The van der Waals surface area contributed by atoms with Crippen LogP contribution >= 0.6 is 22.7 Å². The van der Waals surface area contributed by atoms with E-state index in [1.54, 1.807) is 133 Å². The van der Waals surface area contributed by atoms with E-state index in [1.807, 2.05) is 36.4 Å². The molecule has 7 aliphatic carbocycles. The monoisotopic (exact) mass is 1280 g/mol. The molecular formula is C77H59N3O12S2. The van der Waals surface area contributed by atoms with Crippen LogP contribution in [0, 0.1) is 35.5 Å². The van der Waals surface area contributed by atoms with Crippen LogP contribution < -0.4 is 0 Å². The Morgan fingerprint density at radius 2 is 0.840 bits per heavy atom. The second-order valence-corrected chi connectivity index (χ2v) is 27.7. The minimum absolute atomic E-state index is 0.0646. The molecule has 16 rings (SSSR count). The number of aliphatic imine (C=N–C) groups is 1. The number of rotatable bonds is 14. The number of hydrogen-bond donors (Lipinski definition) is 0. The van der Waals surface area contributed by atoms with Crippen molar-refractivity contribution in [1.82, 2.24) is 9.97 Å². The maximum absolute atomic E-state index is 16.3. The lowest BCUT2D eigenvalue weighted by Gasteiger charge is -2.48. The zero-order valence-corrected chi connectivity index (χ0v) is 52.4. The minimum atomic E-state index is -2.85. The van der Waals surface area contributed by atoms with Gasteiger partial charge in [-0.1, -0.05) is 183 Å². The summed E-state index contributed by atoms with van der Waals surface area (Å²) in [5.41, 5.74) is -5.01. The summed E-state index contributed by atoms with van der Waals surface area (Å²) < 4.78 is 25.3. The zero-order chi connectivity index (χ0) is 64.0. The molecule has 0 bridgehead atoms. The molecule has 6 unspecified atom stereocenters. The maximum Gasteiger partial charge on any atom is 0.334 e. The number of carbonyl (C=O) groups excluding carboxylic acids is 8. The average Bonchev–Trinajstić information content (AvgIpc) is 1.48. The van der Waals surface area contributed by atoms with E-state index in [9.17, 15) is 19.2 Å². The lowest BCUT2D eigenvalue weighted by atomic mass is 9.57. The summed E-state index contributed by atoms with van der Waals surface area (Å²) in [6.45, 7) is -1.53. The van der Waals surface area contributed by atoms with Crippen molar-refractivity contribution in [3.8, 4) is 0 Å². The molecule has 15 nitrogen and oxygen atoms in total. The van der Waals surface area contributed by atoms with E-state index < -0.39 is 69.7 Å². The molecule has 0 saturated heterocycles. The number of fused-ring (bicyclic) bond motifs is 10. The van der Waals surface area contributed by atoms with Crippen LogP contribution in [0.5, 0.6) is 0 Å². The first-order chi connectivity index (χ1) is 45.9. The molecule has 0 spiro atoms. The van der Waals surface area contributed by atoms with Crippen molar-refractivity contribution >= 4 is 119 Å². The van der Waals surface area contributed by atoms with E-state index in [1.165, 1.54) is 31.8 Å². The topological polar surface area (TPSA) is 212 Å². The first-order valence-electron chi connectivity index (χ1n) is 31.9. The second kappa shape index (κ2) is 23.5. The third-order valence-corrected chi connectivity index (χ3v) is 22.5. The summed E-state index contributed by atoms with van der Waals surface area (Å²) in [4.78, 5) is 139. The van der Waals surface area contributed by atoms with Crippen molar-refractivity contribution in [3.63, 3.8) is 0 Å². The number of nitrogens with zero attached hydrogens (tertiary/aromatic N) is 3. The highest BCUT2D eigenvalue weighted by atomic mass is 32.1. The molecule has 466 valence electrons. The zero-order valence-electron chi connectivity index (χ0n) is 50.7. The van der Waals surface area contributed by atoms with E-state index in [4.69, 9.17) is 33.9 Å². The Morgan fingerprint density at radius 3 is 1.26 bits per heavy atom. The number of Topliss-reactive ketones (excluding diaryl/α,β-unsaturated/α-hetero) is 4. The normalized spacial score (nSPS) is 21.8. The van der Waals surface area contributed by atoms with Gasteiger partial charge in [-0.05, 0) is 123 Å². The average molecular weight is 1280 g/mol. The molecule has 4 fully saturated rings. The summed E-state index contributed by atoms with van der Waals surface area (Å²) >= 11 is 1.59. The first-order valence-corrected chi connectivity index (χ1v) is 33.6. The molecule has 7 aliphatic rings. The number of benzene rings is 7. The molecule has 17 heteroatoms. The van der Waals surface area contributed by atoms with Gasteiger partial charge < -0.3 is 18.9 Å².